The first-order valence-electron chi connectivity index (χ1n) is 12.6. The highest BCUT2D eigenvalue weighted by Gasteiger charge is 2.19. The van der Waals surface area contributed by atoms with Crippen LogP contribution in [0, 0.1) is 6.92 Å². The zero-order valence-corrected chi connectivity index (χ0v) is 24.7. The summed E-state index contributed by atoms with van der Waals surface area (Å²) in [6.07, 6.45) is 1.52. The average Bonchev–Trinajstić information content (AvgIpc) is 2.85. The predicted octanol–water partition coefficient (Wildman–Crippen LogP) is 7.98. The Hall–Kier alpha value is -3.16. The summed E-state index contributed by atoms with van der Waals surface area (Å²) in [6.45, 7) is 12.6. The fourth-order valence-electron chi connectivity index (χ4n) is 4.23. The fraction of sp³-hybridized carbons (Fsp3) is 0.300. The molecule has 3 aromatic carbocycles. The lowest BCUT2D eigenvalue weighted by Gasteiger charge is -2.18. The first-order valence-corrected chi connectivity index (χ1v) is 13.8. The first-order chi connectivity index (χ1) is 18.1. The van der Waals surface area contributed by atoms with E-state index in [1.807, 2.05) is 52.0 Å². The van der Waals surface area contributed by atoms with Crippen molar-refractivity contribution in [2.45, 2.75) is 53.6 Å². The molecule has 4 rings (SSSR count). The molecule has 6 nitrogen and oxygen atoms in total. The summed E-state index contributed by atoms with van der Waals surface area (Å²) in [7, 11) is 0. The summed E-state index contributed by atoms with van der Waals surface area (Å²) in [6, 6.07) is 14.9. The Balaban J connectivity index is 1.99. The minimum atomic E-state index is -0.270. The standard InChI is InChI=1S/C30H31BrClN3O3/c1-7-37-27-12-19(6)24(15-23(27)17(2)3)29-34-26-11-9-8-10-22(26)30(36)35(29)33-16-20-13-21(32)14-25(31)28(20)38-18(4)5/h8-18H,7H2,1-6H3. The Morgan fingerprint density at radius 3 is 2.55 bits per heavy atom. The van der Waals surface area contributed by atoms with E-state index in [1.54, 1.807) is 24.4 Å². The molecular weight excluding hydrogens is 566 g/mol. The van der Waals surface area contributed by atoms with Crippen LogP contribution in [0.4, 0.5) is 0 Å². The second kappa shape index (κ2) is 11.7. The van der Waals surface area contributed by atoms with Crippen LogP contribution in [0.5, 0.6) is 11.5 Å². The van der Waals surface area contributed by atoms with E-state index in [1.165, 1.54) is 4.68 Å². The van der Waals surface area contributed by atoms with Crippen molar-refractivity contribution in [2.24, 2.45) is 5.10 Å². The number of benzene rings is 3. The molecule has 0 unspecified atom stereocenters. The zero-order valence-electron chi connectivity index (χ0n) is 22.4. The van der Waals surface area contributed by atoms with E-state index in [9.17, 15) is 4.79 Å². The monoisotopic (exact) mass is 595 g/mol. The fourth-order valence-corrected chi connectivity index (χ4v) is 5.16. The normalized spacial score (nSPS) is 11.7. The van der Waals surface area contributed by atoms with Crippen LogP contribution in [0.15, 0.2) is 62.9 Å². The Labute approximate surface area is 236 Å². The van der Waals surface area contributed by atoms with E-state index in [2.05, 4.69) is 40.9 Å². The predicted molar refractivity (Wildman–Crippen MR) is 159 cm³/mol. The SMILES string of the molecule is CCOc1cc(C)c(-c2nc3ccccc3c(=O)n2N=Cc2cc(Cl)cc(Br)c2OC(C)C)cc1C(C)C. The highest BCUT2D eigenvalue weighted by atomic mass is 79.9. The number of fused-ring (bicyclic) bond motifs is 1. The Kier molecular flexibility index (Phi) is 8.58. The Morgan fingerprint density at radius 2 is 1.87 bits per heavy atom. The molecule has 0 aliphatic carbocycles. The van der Waals surface area contributed by atoms with Crippen molar-refractivity contribution in [1.82, 2.24) is 9.66 Å². The van der Waals surface area contributed by atoms with E-state index in [4.69, 9.17) is 26.1 Å². The third-order valence-electron chi connectivity index (χ3n) is 5.98. The van der Waals surface area contributed by atoms with Crippen LogP contribution >= 0.6 is 27.5 Å². The lowest BCUT2D eigenvalue weighted by atomic mass is 9.96. The molecule has 1 heterocycles. The quantitative estimate of drug-likeness (QED) is 0.193. The molecule has 198 valence electrons. The minimum absolute atomic E-state index is 0.0683. The Bertz CT molecular complexity index is 1580. The number of nitrogens with zero attached hydrogens (tertiary/aromatic N) is 3. The van der Waals surface area contributed by atoms with Gasteiger partial charge in [0.15, 0.2) is 5.82 Å². The molecule has 0 spiro atoms. The van der Waals surface area contributed by atoms with E-state index in [0.717, 1.165) is 22.4 Å². The van der Waals surface area contributed by atoms with E-state index in [-0.39, 0.29) is 17.6 Å². The van der Waals surface area contributed by atoms with Crippen molar-refractivity contribution >= 4 is 44.6 Å². The molecule has 4 aromatic rings. The second-order valence-corrected chi connectivity index (χ2v) is 10.9. The van der Waals surface area contributed by atoms with Gasteiger partial charge >= 0.3 is 0 Å². The van der Waals surface area contributed by atoms with Gasteiger partial charge in [-0.15, -0.1) is 0 Å². The number of aryl methyl sites for hydroxylation is 1. The molecule has 0 N–H and O–H groups in total. The number of para-hydroxylation sites is 1. The maximum atomic E-state index is 13.8. The molecule has 0 radical (unpaired) electrons. The summed E-state index contributed by atoms with van der Waals surface area (Å²) in [5.41, 5.74) is 3.75. The van der Waals surface area contributed by atoms with Crippen molar-refractivity contribution in [3.05, 3.63) is 85.1 Å². The van der Waals surface area contributed by atoms with Crippen LogP contribution < -0.4 is 15.0 Å². The summed E-state index contributed by atoms with van der Waals surface area (Å²) >= 11 is 9.88. The molecule has 0 saturated carbocycles. The van der Waals surface area contributed by atoms with Crippen LogP contribution in [0.1, 0.15) is 57.2 Å². The van der Waals surface area contributed by atoms with Crippen LogP contribution in [0.2, 0.25) is 5.02 Å². The van der Waals surface area contributed by atoms with Gasteiger partial charge in [-0.05, 0) is 97.1 Å². The maximum absolute atomic E-state index is 13.8. The molecule has 0 bridgehead atoms. The third kappa shape index (κ3) is 5.79. The number of hydrogen-bond donors (Lipinski definition) is 0. The molecule has 0 saturated heterocycles. The summed E-state index contributed by atoms with van der Waals surface area (Å²) in [5.74, 6) is 2.08. The molecule has 38 heavy (non-hydrogen) atoms. The van der Waals surface area contributed by atoms with Gasteiger partial charge in [-0.3, -0.25) is 4.79 Å². The van der Waals surface area contributed by atoms with Crippen LogP contribution in [-0.4, -0.2) is 28.6 Å². The van der Waals surface area contributed by atoms with E-state index < -0.39 is 0 Å². The number of aromatic nitrogens is 2. The summed E-state index contributed by atoms with van der Waals surface area (Å²) < 4.78 is 14.0. The maximum Gasteiger partial charge on any atom is 0.282 e. The Morgan fingerprint density at radius 1 is 1.13 bits per heavy atom. The van der Waals surface area contributed by atoms with Gasteiger partial charge in [-0.2, -0.15) is 9.78 Å². The number of halogens is 2. The molecule has 8 heteroatoms. The molecule has 0 amide bonds. The van der Waals surface area contributed by atoms with Crippen molar-refractivity contribution in [3.63, 3.8) is 0 Å². The molecular formula is C30H31BrClN3O3. The second-order valence-electron chi connectivity index (χ2n) is 9.58. The van der Waals surface area contributed by atoms with Crippen LogP contribution in [-0.2, 0) is 0 Å². The molecule has 1 aromatic heterocycles. The van der Waals surface area contributed by atoms with Crippen LogP contribution in [0.3, 0.4) is 0 Å². The van der Waals surface area contributed by atoms with Crippen molar-refractivity contribution in [3.8, 4) is 22.9 Å². The highest BCUT2D eigenvalue weighted by Crippen LogP contribution is 2.35. The van der Waals surface area contributed by atoms with E-state index in [0.29, 0.717) is 44.1 Å². The average molecular weight is 597 g/mol. The largest absolute Gasteiger partial charge is 0.494 e. The lowest BCUT2D eigenvalue weighted by Crippen LogP contribution is -2.21. The van der Waals surface area contributed by atoms with Crippen molar-refractivity contribution in [1.29, 1.82) is 0 Å². The van der Waals surface area contributed by atoms with E-state index >= 15 is 0 Å². The molecule has 0 aliphatic heterocycles. The smallest absolute Gasteiger partial charge is 0.282 e. The number of hydrogen-bond acceptors (Lipinski definition) is 5. The van der Waals surface area contributed by atoms with Gasteiger partial charge in [0, 0.05) is 16.1 Å². The van der Waals surface area contributed by atoms with Gasteiger partial charge in [0.25, 0.3) is 5.56 Å². The minimum Gasteiger partial charge on any atom is -0.494 e. The summed E-state index contributed by atoms with van der Waals surface area (Å²) in [5, 5.41) is 5.65. The first kappa shape index (κ1) is 27.9. The number of rotatable bonds is 8. The van der Waals surface area contributed by atoms with Gasteiger partial charge in [-0.25, -0.2) is 4.98 Å². The highest BCUT2D eigenvalue weighted by molar-refractivity contribution is 9.10. The van der Waals surface area contributed by atoms with Gasteiger partial charge in [0.05, 0.1) is 34.3 Å². The van der Waals surface area contributed by atoms with Gasteiger partial charge < -0.3 is 9.47 Å². The van der Waals surface area contributed by atoms with Gasteiger partial charge in [0.1, 0.15) is 11.5 Å². The topological polar surface area (TPSA) is 65.7 Å². The van der Waals surface area contributed by atoms with Gasteiger partial charge in [-0.1, -0.05) is 37.6 Å². The van der Waals surface area contributed by atoms with Crippen molar-refractivity contribution in [2.75, 3.05) is 6.61 Å². The third-order valence-corrected chi connectivity index (χ3v) is 6.78. The van der Waals surface area contributed by atoms with Crippen molar-refractivity contribution < 1.29 is 9.47 Å². The molecule has 0 atom stereocenters. The zero-order chi connectivity index (χ0) is 27.6. The van der Waals surface area contributed by atoms with Crippen LogP contribution in [0.25, 0.3) is 22.3 Å². The molecule has 0 aliphatic rings. The van der Waals surface area contributed by atoms with Gasteiger partial charge in [0.2, 0.25) is 0 Å². The summed E-state index contributed by atoms with van der Waals surface area (Å²) in [4.78, 5) is 18.7. The lowest BCUT2D eigenvalue weighted by molar-refractivity contribution is 0.240. The molecule has 0 fully saturated rings. The number of ether oxygens (including phenoxy) is 2.